The molecule has 0 saturated carbocycles. The number of esters is 2. The summed E-state index contributed by atoms with van der Waals surface area (Å²) in [5, 5.41) is 35.6. The number of likely N-dealkylation sites (tertiary alicyclic amines) is 1. The summed E-state index contributed by atoms with van der Waals surface area (Å²) in [6, 6.07) is 10.6. The smallest absolute Gasteiger partial charge is 0.355 e. The number of nitrogens with two attached hydrogens (primary N) is 1. The van der Waals surface area contributed by atoms with Crippen molar-refractivity contribution in [3.8, 4) is 40.0 Å². The molecule has 23 heteroatoms. The predicted octanol–water partition coefficient (Wildman–Crippen LogP) is 6.06. The molecule has 1 aliphatic carbocycles. The third-order valence-corrected chi connectivity index (χ3v) is 17.8. The topological polar surface area (TPSA) is 300 Å². The number of aromatic nitrogens is 8. The van der Waals surface area contributed by atoms with Gasteiger partial charge < -0.3 is 55.1 Å². The number of aromatic hydroxyl groups is 2. The molecule has 1 saturated heterocycles. The predicted molar refractivity (Wildman–Crippen MR) is 311 cm³/mol. The van der Waals surface area contributed by atoms with E-state index in [0.29, 0.717) is 96.8 Å². The summed E-state index contributed by atoms with van der Waals surface area (Å²) in [5.41, 5.74) is 10.9. The SMILES string of the molecule is CC[C@@]1(OC(=O)[C@@H](NC(=O)[C@H](Cc2cnc[nH]2)NC(=O)C2CCN(CCn3ccc4ccc(-n5c(-c6cc(C(C)C)c(O)cc6O)n[nH]c5=O)cc43)CC2)C(C)C)C(=O)OCc2c1cc1n(c2=O)Cc2c-1nc1cc(F)c(C)c3c1c2[C@H](N)CC3. The van der Waals surface area contributed by atoms with Gasteiger partial charge in [-0.3, -0.25) is 14.4 Å². The molecule has 1 fully saturated rings. The van der Waals surface area contributed by atoms with Gasteiger partial charge in [0, 0.05) is 78.2 Å². The number of phenols is 2. The summed E-state index contributed by atoms with van der Waals surface area (Å²) >= 11 is 0. The number of phenolic OH excluding ortho intramolecular Hbond substituents is 2. The Hall–Kier alpha value is -8.96. The molecule has 22 nitrogen and oxygen atoms in total. The molecule has 0 spiro atoms. The molecule has 0 radical (unpaired) electrons. The van der Waals surface area contributed by atoms with Crippen LogP contribution in [0.25, 0.3) is 50.3 Å². The van der Waals surface area contributed by atoms with E-state index in [-0.39, 0.29) is 66.3 Å². The van der Waals surface area contributed by atoms with Crippen LogP contribution in [0.5, 0.6) is 11.5 Å². The van der Waals surface area contributed by atoms with E-state index in [0.717, 1.165) is 33.0 Å². The van der Waals surface area contributed by atoms with Crippen molar-refractivity contribution >= 4 is 45.6 Å². The first-order valence-electron chi connectivity index (χ1n) is 29.0. The Balaban J connectivity index is 0.728. The van der Waals surface area contributed by atoms with Gasteiger partial charge in [0.2, 0.25) is 17.4 Å². The molecule has 5 aromatic heterocycles. The Kier molecular flexibility index (Phi) is 14.6. The fourth-order valence-corrected chi connectivity index (χ4v) is 13.0. The number of imidazole rings is 1. The number of pyridine rings is 2. The minimum Gasteiger partial charge on any atom is -0.508 e. The van der Waals surface area contributed by atoms with Crippen LogP contribution < -0.4 is 27.6 Å². The number of aryl methyl sites for hydroxylation is 1. The van der Waals surface area contributed by atoms with Gasteiger partial charge in [-0.2, -0.15) is 5.10 Å². The number of nitrogens with zero attached hydrogens (tertiary/aromatic N) is 7. The van der Waals surface area contributed by atoms with Gasteiger partial charge in [-0.05, 0) is 122 Å². The van der Waals surface area contributed by atoms with Crippen LogP contribution in [0.2, 0.25) is 0 Å². The lowest BCUT2D eigenvalue weighted by Gasteiger charge is -2.37. The van der Waals surface area contributed by atoms with E-state index < -0.39 is 70.5 Å². The number of rotatable bonds is 16. The number of aromatic amines is 2. The van der Waals surface area contributed by atoms with E-state index >= 15 is 4.39 Å². The van der Waals surface area contributed by atoms with Crippen LogP contribution in [-0.2, 0) is 66.8 Å². The summed E-state index contributed by atoms with van der Waals surface area (Å²) in [6.45, 7) is 12.8. The maximum absolute atomic E-state index is 15.4. The number of hydrogen-bond donors (Lipinski definition) is 7. The number of carbonyl (C=O) groups excluding carboxylic acids is 4. The van der Waals surface area contributed by atoms with Crippen molar-refractivity contribution in [3.05, 3.63) is 139 Å². The lowest BCUT2D eigenvalue weighted by molar-refractivity contribution is -0.191. The standard InChI is InChI=1S/C62H67FN12O10/c1-7-62(42-23-48-54-40(27-74(48)58(80)41(42)28-84-60(62)82)51-44(64)11-10-37-32(6)43(63)24-45(67-54)52(37)51)85-59(81)53(31(4)5)69-57(79)46(20-35-26-65-29-66-35)68-56(78)34-12-15-72(16-13-34)18-19-73-17-14-33-8-9-36(21-47(33)73)75-55(70-71-61(75)83)39-22-38(30(2)3)49(76)25-50(39)77/h8-9,14,17,21-26,29-31,34,44,46,53,76-77H,7,10-13,15-16,18-20,27-28,64H2,1-6H3,(H,65,66)(H,68,78)(H,69,79)(H,71,83)/t44-,46+,53+,62+/m1/s1. The first kappa shape index (κ1) is 56.5. The number of cyclic esters (lactones) is 1. The number of carbonyl (C=O) groups is 4. The van der Waals surface area contributed by atoms with Gasteiger partial charge in [-0.15, -0.1) is 0 Å². The van der Waals surface area contributed by atoms with Crippen molar-refractivity contribution in [2.75, 3.05) is 19.6 Å². The first-order chi connectivity index (χ1) is 40.7. The van der Waals surface area contributed by atoms with Crippen molar-refractivity contribution in [2.45, 2.75) is 129 Å². The number of H-pyrrole nitrogens is 2. The molecule has 12 rings (SSSR count). The fraction of sp³-hybridized carbons (Fsp3) is 0.403. The second-order valence-corrected chi connectivity index (χ2v) is 23.6. The largest absolute Gasteiger partial charge is 0.508 e. The summed E-state index contributed by atoms with van der Waals surface area (Å²) in [6.07, 6.45) is 7.03. The van der Waals surface area contributed by atoms with Gasteiger partial charge in [0.1, 0.15) is 36.0 Å². The molecule has 2 amide bonds. The Bertz CT molecular complexity index is 4150. The van der Waals surface area contributed by atoms with E-state index in [4.69, 9.17) is 20.2 Å². The minimum atomic E-state index is -2.11. The van der Waals surface area contributed by atoms with Gasteiger partial charge in [0.05, 0.1) is 52.1 Å². The van der Waals surface area contributed by atoms with E-state index in [1.165, 1.54) is 27.6 Å². The molecule has 0 bridgehead atoms. The number of nitrogens with one attached hydrogen (secondary N) is 4. The third kappa shape index (κ3) is 9.81. The highest BCUT2D eigenvalue weighted by Crippen LogP contribution is 2.46. The summed E-state index contributed by atoms with van der Waals surface area (Å²) in [4.78, 5) is 99.7. The maximum Gasteiger partial charge on any atom is 0.355 e. The Labute approximate surface area is 486 Å². The highest BCUT2D eigenvalue weighted by atomic mass is 19.1. The van der Waals surface area contributed by atoms with Crippen LogP contribution in [0.15, 0.2) is 76.8 Å². The highest BCUT2D eigenvalue weighted by Gasteiger charge is 2.52. The zero-order chi connectivity index (χ0) is 59.9. The number of fused-ring (bicyclic) bond motifs is 6. The van der Waals surface area contributed by atoms with Crippen LogP contribution in [-0.4, -0.2) is 109 Å². The summed E-state index contributed by atoms with van der Waals surface area (Å²) in [5.74, 6) is -4.42. The zero-order valence-electron chi connectivity index (χ0n) is 48.0. The molecule has 4 aliphatic rings. The minimum absolute atomic E-state index is 0.0103. The zero-order valence-corrected chi connectivity index (χ0v) is 48.0. The molecular weight excluding hydrogens is 1090 g/mol. The number of benzene rings is 3. The van der Waals surface area contributed by atoms with E-state index in [9.17, 15) is 39.0 Å². The summed E-state index contributed by atoms with van der Waals surface area (Å²) in [7, 11) is 0. The van der Waals surface area contributed by atoms with Crippen LogP contribution >= 0.6 is 0 Å². The molecule has 4 atom stereocenters. The average molecular weight is 1160 g/mol. The van der Waals surface area contributed by atoms with Crippen molar-refractivity contribution in [1.82, 2.24) is 54.4 Å². The molecule has 85 heavy (non-hydrogen) atoms. The Morgan fingerprint density at radius 2 is 1.75 bits per heavy atom. The number of hydrogen-bond acceptors (Lipinski definition) is 15. The van der Waals surface area contributed by atoms with E-state index in [1.54, 1.807) is 46.0 Å². The van der Waals surface area contributed by atoms with E-state index in [1.807, 2.05) is 44.3 Å². The van der Waals surface area contributed by atoms with Crippen LogP contribution in [0.3, 0.4) is 0 Å². The molecule has 8 N–H and O–H groups in total. The number of halogens is 1. The van der Waals surface area contributed by atoms with Gasteiger partial charge in [0.15, 0.2) is 5.82 Å². The van der Waals surface area contributed by atoms with Crippen LogP contribution in [0.1, 0.15) is 117 Å². The second kappa shape index (κ2) is 21.9. The first-order valence-corrected chi connectivity index (χ1v) is 29.0. The van der Waals surface area contributed by atoms with Crippen LogP contribution in [0.4, 0.5) is 4.39 Å². The molecule has 442 valence electrons. The van der Waals surface area contributed by atoms with Gasteiger partial charge in [-0.25, -0.2) is 38.4 Å². The number of piperidine rings is 1. The number of ether oxygens (including phenoxy) is 2. The maximum atomic E-state index is 15.4. The van der Waals surface area contributed by atoms with Gasteiger partial charge in [0.25, 0.3) is 5.56 Å². The lowest BCUT2D eigenvalue weighted by Crippen LogP contribution is -2.57. The van der Waals surface area contributed by atoms with Gasteiger partial charge >= 0.3 is 17.6 Å². The van der Waals surface area contributed by atoms with Gasteiger partial charge in [-0.1, -0.05) is 40.7 Å². The molecule has 8 heterocycles. The number of amides is 2. The van der Waals surface area contributed by atoms with Crippen molar-refractivity contribution < 1.29 is 43.3 Å². The third-order valence-electron chi connectivity index (χ3n) is 17.8. The molecule has 0 unspecified atom stereocenters. The molecule has 8 aromatic rings. The van der Waals surface area contributed by atoms with Crippen molar-refractivity contribution in [3.63, 3.8) is 0 Å². The Morgan fingerprint density at radius 3 is 2.48 bits per heavy atom. The average Bonchev–Trinajstić information content (AvgIpc) is 1.71. The normalized spacial score (nSPS) is 18.3. The highest BCUT2D eigenvalue weighted by molar-refractivity contribution is 5.95. The Morgan fingerprint density at radius 1 is 0.965 bits per heavy atom. The molecule has 3 aliphatic heterocycles. The van der Waals surface area contributed by atoms with Crippen LogP contribution in [0, 0.1) is 24.6 Å². The molecular formula is C62H67FN12O10. The van der Waals surface area contributed by atoms with Crippen molar-refractivity contribution in [1.29, 1.82) is 0 Å². The fourth-order valence-electron chi connectivity index (χ4n) is 13.0. The second-order valence-electron chi connectivity index (χ2n) is 23.6. The quantitative estimate of drug-likeness (QED) is 0.0541. The monoisotopic (exact) mass is 1160 g/mol. The van der Waals surface area contributed by atoms with Crippen molar-refractivity contribution in [2.24, 2.45) is 17.6 Å². The van der Waals surface area contributed by atoms with E-state index in [2.05, 4.69) is 40.3 Å². The lowest BCUT2D eigenvalue weighted by atomic mass is 9.82. The molecule has 3 aromatic carbocycles. The summed E-state index contributed by atoms with van der Waals surface area (Å²) < 4.78 is 32.3.